The van der Waals surface area contributed by atoms with E-state index in [1.807, 2.05) is 19.4 Å². The van der Waals surface area contributed by atoms with E-state index in [0.29, 0.717) is 17.2 Å². The van der Waals surface area contributed by atoms with E-state index in [9.17, 15) is 9.18 Å². The topological polar surface area (TPSA) is 50.2 Å². The Bertz CT molecular complexity index is 712. The molecule has 1 aromatic carbocycles. The molecule has 0 spiro atoms. The van der Waals surface area contributed by atoms with Gasteiger partial charge in [0.1, 0.15) is 5.82 Å². The van der Waals surface area contributed by atoms with E-state index < -0.39 is 0 Å². The summed E-state index contributed by atoms with van der Waals surface area (Å²) < 4.78 is 15.3. The van der Waals surface area contributed by atoms with Crippen molar-refractivity contribution in [2.45, 2.75) is 19.8 Å². The summed E-state index contributed by atoms with van der Waals surface area (Å²) >= 11 is 0. The van der Waals surface area contributed by atoms with Crippen molar-refractivity contribution in [1.82, 2.24) is 14.7 Å². The average Bonchev–Trinajstić information content (AvgIpc) is 3.13. The summed E-state index contributed by atoms with van der Waals surface area (Å²) in [5.74, 6) is 0.137. The minimum atomic E-state index is -0.307. The minimum absolute atomic E-state index is 0.165. The van der Waals surface area contributed by atoms with Crippen LogP contribution in [0.1, 0.15) is 17.5 Å². The molecule has 2 amide bonds. The molecule has 1 unspecified atom stereocenters. The smallest absolute Gasteiger partial charge is 0.321 e. The highest BCUT2D eigenvalue weighted by Crippen LogP contribution is 2.22. The lowest BCUT2D eigenvalue weighted by Crippen LogP contribution is -2.33. The van der Waals surface area contributed by atoms with Crippen LogP contribution in [0.15, 0.2) is 30.6 Å². The predicted octanol–water partition coefficient (Wildman–Crippen LogP) is 2.96. The Morgan fingerprint density at radius 3 is 3.00 bits per heavy atom. The van der Waals surface area contributed by atoms with Crippen molar-refractivity contribution >= 4 is 11.7 Å². The molecular weight excluding hydrogens is 295 g/mol. The van der Waals surface area contributed by atoms with Gasteiger partial charge in [-0.25, -0.2) is 9.18 Å². The van der Waals surface area contributed by atoms with Gasteiger partial charge in [-0.2, -0.15) is 5.10 Å². The number of halogens is 1. The largest absolute Gasteiger partial charge is 0.324 e. The quantitative estimate of drug-likeness (QED) is 0.946. The standard InChI is InChI=1S/C17H21FN4O/c1-12-3-4-15(8-16(12)18)20-17(23)22-6-5-13(11-22)7-14-9-19-21(2)10-14/h3-4,8-10,13H,5-7,11H2,1-2H3,(H,20,23). The van der Waals surface area contributed by atoms with Crippen LogP contribution in [0, 0.1) is 18.7 Å². The van der Waals surface area contributed by atoms with Gasteiger partial charge in [0, 0.05) is 32.0 Å². The van der Waals surface area contributed by atoms with Crippen molar-refractivity contribution in [2.75, 3.05) is 18.4 Å². The number of anilines is 1. The highest BCUT2D eigenvalue weighted by Gasteiger charge is 2.26. The van der Waals surface area contributed by atoms with E-state index in [1.54, 1.807) is 28.6 Å². The number of carbonyl (C=O) groups excluding carboxylic acids is 1. The Kier molecular flexibility index (Phi) is 4.32. The van der Waals surface area contributed by atoms with Gasteiger partial charge in [0.2, 0.25) is 0 Å². The summed E-state index contributed by atoms with van der Waals surface area (Å²) in [6.07, 6.45) is 5.79. The lowest BCUT2D eigenvalue weighted by molar-refractivity contribution is 0.221. The molecule has 23 heavy (non-hydrogen) atoms. The molecule has 0 bridgehead atoms. The third-order valence-electron chi connectivity index (χ3n) is 4.28. The van der Waals surface area contributed by atoms with Crippen LogP contribution >= 0.6 is 0 Å². The van der Waals surface area contributed by atoms with Gasteiger partial charge < -0.3 is 10.2 Å². The highest BCUT2D eigenvalue weighted by molar-refractivity contribution is 5.89. The molecule has 1 saturated heterocycles. The molecule has 6 heteroatoms. The second-order valence-corrected chi connectivity index (χ2v) is 6.22. The molecule has 0 saturated carbocycles. The van der Waals surface area contributed by atoms with Crippen molar-refractivity contribution < 1.29 is 9.18 Å². The molecular formula is C17H21FN4O. The molecule has 1 aliphatic heterocycles. The molecule has 1 atom stereocenters. The van der Waals surface area contributed by atoms with Gasteiger partial charge in [-0.3, -0.25) is 4.68 Å². The van der Waals surface area contributed by atoms with E-state index in [0.717, 1.165) is 25.9 Å². The van der Waals surface area contributed by atoms with Crippen LogP contribution < -0.4 is 5.32 Å². The number of nitrogens with zero attached hydrogens (tertiary/aromatic N) is 3. The summed E-state index contributed by atoms with van der Waals surface area (Å²) in [7, 11) is 1.90. The van der Waals surface area contributed by atoms with Crippen LogP contribution in [0.4, 0.5) is 14.9 Å². The van der Waals surface area contributed by atoms with Gasteiger partial charge in [-0.1, -0.05) is 6.07 Å². The molecule has 1 aliphatic rings. The van der Waals surface area contributed by atoms with Crippen LogP contribution in [0.3, 0.4) is 0 Å². The summed E-state index contributed by atoms with van der Waals surface area (Å²) in [6, 6.07) is 4.58. The molecule has 0 aliphatic carbocycles. The van der Waals surface area contributed by atoms with Crippen molar-refractivity contribution in [3.05, 3.63) is 47.5 Å². The maximum Gasteiger partial charge on any atom is 0.321 e. The summed E-state index contributed by atoms with van der Waals surface area (Å²) in [5, 5.41) is 6.94. The lowest BCUT2D eigenvalue weighted by Gasteiger charge is -2.17. The Morgan fingerprint density at radius 1 is 1.48 bits per heavy atom. The monoisotopic (exact) mass is 316 g/mol. The summed E-state index contributed by atoms with van der Waals surface area (Å²) in [4.78, 5) is 14.1. The molecule has 122 valence electrons. The molecule has 2 aromatic rings. The Labute approximate surface area is 135 Å². The van der Waals surface area contributed by atoms with Crippen LogP contribution in [0.5, 0.6) is 0 Å². The number of nitrogens with one attached hydrogen (secondary N) is 1. The number of rotatable bonds is 3. The third-order valence-corrected chi connectivity index (χ3v) is 4.28. The summed E-state index contributed by atoms with van der Waals surface area (Å²) in [5.41, 5.74) is 2.26. The number of amides is 2. The first-order valence-corrected chi connectivity index (χ1v) is 7.81. The predicted molar refractivity (Wildman–Crippen MR) is 86.7 cm³/mol. The zero-order valence-corrected chi connectivity index (χ0v) is 13.4. The maximum atomic E-state index is 13.5. The first-order valence-electron chi connectivity index (χ1n) is 7.81. The Hall–Kier alpha value is -2.37. The number of hydrogen-bond acceptors (Lipinski definition) is 2. The fourth-order valence-corrected chi connectivity index (χ4v) is 2.97. The second kappa shape index (κ2) is 6.40. The van der Waals surface area contributed by atoms with Crippen molar-refractivity contribution in [2.24, 2.45) is 13.0 Å². The Balaban J connectivity index is 1.55. The van der Waals surface area contributed by atoms with Crippen LogP contribution in [-0.2, 0) is 13.5 Å². The minimum Gasteiger partial charge on any atom is -0.324 e. The van der Waals surface area contributed by atoms with Crippen molar-refractivity contribution in [3.8, 4) is 0 Å². The fourth-order valence-electron chi connectivity index (χ4n) is 2.97. The first kappa shape index (κ1) is 15.5. The molecule has 2 heterocycles. The average molecular weight is 316 g/mol. The molecule has 5 nitrogen and oxygen atoms in total. The third kappa shape index (κ3) is 3.70. The van der Waals surface area contributed by atoms with Gasteiger partial charge in [0.25, 0.3) is 0 Å². The zero-order valence-electron chi connectivity index (χ0n) is 13.4. The number of benzene rings is 1. The molecule has 3 rings (SSSR count). The van der Waals surface area contributed by atoms with Gasteiger partial charge in [-0.15, -0.1) is 0 Å². The fraction of sp³-hybridized carbons (Fsp3) is 0.412. The van der Waals surface area contributed by atoms with Gasteiger partial charge in [0.05, 0.1) is 6.20 Å². The number of urea groups is 1. The van der Waals surface area contributed by atoms with Crippen LogP contribution in [-0.4, -0.2) is 33.8 Å². The van der Waals surface area contributed by atoms with E-state index in [4.69, 9.17) is 0 Å². The SMILES string of the molecule is Cc1ccc(NC(=O)N2CCC(Cc3cnn(C)c3)C2)cc1F. The second-order valence-electron chi connectivity index (χ2n) is 6.22. The van der Waals surface area contributed by atoms with Crippen LogP contribution in [0.25, 0.3) is 0 Å². The van der Waals surface area contributed by atoms with E-state index in [1.165, 1.54) is 11.6 Å². The normalized spacial score (nSPS) is 17.5. The van der Waals surface area contributed by atoms with Crippen molar-refractivity contribution in [1.29, 1.82) is 0 Å². The van der Waals surface area contributed by atoms with Crippen LogP contribution in [0.2, 0.25) is 0 Å². The van der Waals surface area contributed by atoms with Crippen molar-refractivity contribution in [3.63, 3.8) is 0 Å². The molecule has 1 fully saturated rings. The number of aryl methyl sites for hydroxylation is 2. The number of hydrogen-bond donors (Lipinski definition) is 1. The highest BCUT2D eigenvalue weighted by atomic mass is 19.1. The number of likely N-dealkylation sites (tertiary alicyclic amines) is 1. The van der Waals surface area contributed by atoms with Gasteiger partial charge >= 0.3 is 6.03 Å². The van der Waals surface area contributed by atoms with E-state index in [2.05, 4.69) is 10.4 Å². The first-order chi connectivity index (χ1) is 11.0. The lowest BCUT2D eigenvalue weighted by atomic mass is 10.0. The summed E-state index contributed by atoms with van der Waals surface area (Å²) in [6.45, 7) is 3.14. The molecule has 0 radical (unpaired) electrons. The van der Waals surface area contributed by atoms with E-state index in [-0.39, 0.29) is 11.8 Å². The number of carbonyl (C=O) groups is 1. The molecule has 1 aromatic heterocycles. The molecule has 1 N–H and O–H groups in total. The maximum absolute atomic E-state index is 13.5. The van der Waals surface area contributed by atoms with E-state index >= 15 is 0 Å². The zero-order chi connectivity index (χ0) is 16.4. The van der Waals surface area contributed by atoms with Gasteiger partial charge in [0.15, 0.2) is 0 Å². The number of aromatic nitrogens is 2. The Morgan fingerprint density at radius 2 is 2.30 bits per heavy atom. The van der Waals surface area contributed by atoms with Gasteiger partial charge in [-0.05, 0) is 48.9 Å².